The molecular weight excluding hydrogens is 1060 g/mol. The predicted octanol–water partition coefficient (Wildman–Crippen LogP) is 22.9. The summed E-state index contributed by atoms with van der Waals surface area (Å²) in [5.74, 6) is 0. The molecule has 0 fully saturated rings. The van der Waals surface area contributed by atoms with Crippen molar-refractivity contribution >= 4 is 142 Å². The highest BCUT2D eigenvalue weighted by molar-refractivity contribution is 7.25. The molecule has 4 heterocycles. The molecule has 4 aromatic heterocycles. The number of aromatic nitrogens is 2. The van der Waals surface area contributed by atoms with E-state index in [2.05, 4.69) is 322 Å². The van der Waals surface area contributed by atoms with Gasteiger partial charge in [-0.2, -0.15) is 0 Å². The van der Waals surface area contributed by atoms with Crippen molar-refractivity contribution in [3.05, 3.63) is 303 Å². The van der Waals surface area contributed by atoms with Gasteiger partial charge in [0.05, 0.1) is 54.2 Å². The van der Waals surface area contributed by atoms with E-state index in [1.165, 1.54) is 95.2 Å². The van der Waals surface area contributed by atoms with Crippen molar-refractivity contribution in [3.63, 3.8) is 0 Å². The molecule has 0 spiro atoms. The van der Waals surface area contributed by atoms with Crippen molar-refractivity contribution in [1.29, 1.82) is 0 Å². The smallest absolute Gasteiger partial charge is 0.0729 e. The maximum Gasteiger partial charge on any atom is 0.0729 e. The Morgan fingerprint density at radius 1 is 0.250 bits per heavy atom. The molecule has 13 aromatic carbocycles. The Labute approximate surface area is 493 Å². The number of hydrogen-bond acceptors (Lipinski definition) is 4. The predicted molar refractivity (Wildman–Crippen MR) is 361 cm³/mol. The first-order chi connectivity index (χ1) is 41.7. The molecule has 0 saturated carbocycles. The van der Waals surface area contributed by atoms with Crippen LogP contribution in [0.2, 0.25) is 0 Å². The summed E-state index contributed by atoms with van der Waals surface area (Å²) < 4.78 is 7.22. The highest BCUT2D eigenvalue weighted by Gasteiger charge is 2.31. The second-order valence-electron chi connectivity index (χ2n) is 21.6. The van der Waals surface area contributed by atoms with Crippen molar-refractivity contribution in [2.24, 2.45) is 0 Å². The molecule has 0 aliphatic carbocycles. The van der Waals surface area contributed by atoms with E-state index in [-0.39, 0.29) is 0 Å². The number of nitrogens with zero attached hydrogens (tertiary/aromatic N) is 4. The number of para-hydroxylation sites is 4. The van der Waals surface area contributed by atoms with Gasteiger partial charge in [0, 0.05) is 75.6 Å². The molecular formula is C78H50N4S2. The highest BCUT2D eigenvalue weighted by Crippen LogP contribution is 2.59. The molecule has 0 saturated heterocycles. The molecule has 17 aromatic rings. The van der Waals surface area contributed by atoms with E-state index >= 15 is 0 Å². The first-order valence-corrected chi connectivity index (χ1v) is 30.2. The minimum atomic E-state index is 1.08. The highest BCUT2D eigenvalue weighted by atomic mass is 32.1. The molecule has 0 amide bonds. The van der Waals surface area contributed by atoms with Crippen molar-refractivity contribution < 1.29 is 0 Å². The van der Waals surface area contributed by atoms with Crippen LogP contribution in [0.1, 0.15) is 0 Å². The van der Waals surface area contributed by atoms with Crippen molar-refractivity contribution in [2.45, 2.75) is 0 Å². The molecule has 0 N–H and O–H groups in total. The fraction of sp³-hybridized carbons (Fsp3) is 0. The van der Waals surface area contributed by atoms with Gasteiger partial charge in [-0.05, 0) is 119 Å². The van der Waals surface area contributed by atoms with Crippen LogP contribution in [0.15, 0.2) is 303 Å². The summed E-state index contributed by atoms with van der Waals surface area (Å²) in [5.41, 5.74) is 16.0. The lowest BCUT2D eigenvalue weighted by Gasteiger charge is -2.32. The van der Waals surface area contributed by atoms with Gasteiger partial charge in [0.15, 0.2) is 0 Å². The molecule has 0 aliphatic rings. The largest absolute Gasteiger partial charge is 0.309 e. The maximum absolute atomic E-state index is 2.60. The minimum absolute atomic E-state index is 1.08. The van der Waals surface area contributed by atoms with Gasteiger partial charge in [0.2, 0.25) is 0 Å². The molecule has 6 heteroatoms. The van der Waals surface area contributed by atoms with Crippen molar-refractivity contribution in [3.8, 4) is 32.3 Å². The molecule has 0 bridgehead atoms. The van der Waals surface area contributed by atoms with E-state index in [4.69, 9.17) is 0 Å². The average Bonchev–Trinajstić information content (AvgIpc) is 1.69. The van der Waals surface area contributed by atoms with E-state index in [1.54, 1.807) is 0 Å². The average molecular weight is 1110 g/mol. The number of fused-ring (bicyclic) bond motifs is 10. The van der Waals surface area contributed by atoms with Crippen LogP contribution in [0.4, 0.5) is 34.1 Å². The Bertz CT molecular complexity index is 4990. The van der Waals surface area contributed by atoms with E-state index in [0.717, 1.165) is 56.5 Å². The van der Waals surface area contributed by atoms with Crippen LogP contribution in [0.25, 0.3) is 118 Å². The van der Waals surface area contributed by atoms with Crippen molar-refractivity contribution in [2.75, 3.05) is 9.80 Å². The summed E-state index contributed by atoms with van der Waals surface area (Å²) in [6.07, 6.45) is 0. The van der Waals surface area contributed by atoms with Gasteiger partial charge >= 0.3 is 0 Å². The van der Waals surface area contributed by atoms with Crippen LogP contribution in [0.3, 0.4) is 0 Å². The molecule has 4 nitrogen and oxygen atoms in total. The third-order valence-electron chi connectivity index (χ3n) is 16.8. The number of hydrogen-bond donors (Lipinski definition) is 0. The lowest BCUT2D eigenvalue weighted by atomic mass is 10.0. The van der Waals surface area contributed by atoms with Crippen LogP contribution in [-0.4, -0.2) is 9.13 Å². The Morgan fingerprint density at radius 2 is 0.595 bits per heavy atom. The zero-order valence-corrected chi connectivity index (χ0v) is 47.1. The first-order valence-electron chi connectivity index (χ1n) is 28.6. The summed E-state index contributed by atoms with van der Waals surface area (Å²) in [7, 11) is 0. The summed E-state index contributed by atoms with van der Waals surface area (Å²) in [4.78, 5) is 7.61. The molecule has 0 atom stereocenters. The normalized spacial score (nSPS) is 11.8. The van der Waals surface area contributed by atoms with Gasteiger partial charge < -0.3 is 18.9 Å². The molecule has 0 unspecified atom stereocenters. The molecule has 0 radical (unpaired) electrons. The topological polar surface area (TPSA) is 16.3 Å². The molecule has 84 heavy (non-hydrogen) atoms. The molecule has 394 valence electrons. The lowest BCUT2D eigenvalue weighted by molar-refractivity contribution is 1.18. The van der Waals surface area contributed by atoms with E-state index in [9.17, 15) is 0 Å². The quantitative estimate of drug-likeness (QED) is 0.127. The van der Waals surface area contributed by atoms with Gasteiger partial charge in [-0.1, -0.05) is 206 Å². The summed E-state index contributed by atoms with van der Waals surface area (Å²) in [5, 5.41) is 11.9. The number of anilines is 6. The van der Waals surface area contributed by atoms with Gasteiger partial charge in [-0.15, -0.1) is 22.7 Å². The fourth-order valence-corrected chi connectivity index (χ4v) is 15.6. The number of rotatable bonds is 10. The second-order valence-corrected chi connectivity index (χ2v) is 23.7. The molecule has 0 aliphatic heterocycles. The Kier molecular flexibility index (Phi) is 11.3. The van der Waals surface area contributed by atoms with Crippen molar-refractivity contribution in [1.82, 2.24) is 9.13 Å². The van der Waals surface area contributed by atoms with Crippen LogP contribution >= 0.6 is 22.7 Å². The summed E-state index contributed by atoms with van der Waals surface area (Å²) in [6.45, 7) is 0. The first kappa shape index (κ1) is 48.2. The van der Waals surface area contributed by atoms with E-state index < -0.39 is 0 Å². The monoisotopic (exact) mass is 1110 g/mol. The number of thiophene rings is 2. The van der Waals surface area contributed by atoms with E-state index in [1.807, 2.05) is 22.7 Å². The maximum atomic E-state index is 2.60. The van der Waals surface area contributed by atoms with Gasteiger partial charge in [-0.3, -0.25) is 0 Å². The second kappa shape index (κ2) is 19.6. The Morgan fingerprint density at radius 3 is 1.02 bits per heavy atom. The SMILES string of the molecule is c1ccc(-c2cc3c(N(c4ccc5c(c4)c4ccccc4n5-c4ccccc4)c4cccc5ccccc45)c4sc(-c5ccccc5)cc4c(N(c4ccc5c(c4)c4ccccc4n5-c4ccccc4)c4cccc5ccccc45)c3s2)cc1. The Hall–Kier alpha value is -10.5. The van der Waals surface area contributed by atoms with Gasteiger partial charge in [0.1, 0.15) is 0 Å². The summed E-state index contributed by atoms with van der Waals surface area (Å²) >= 11 is 3.77. The van der Waals surface area contributed by atoms with Crippen LogP contribution in [-0.2, 0) is 0 Å². The van der Waals surface area contributed by atoms with Crippen LogP contribution < -0.4 is 9.80 Å². The standard InChI is InChI=1S/C78H50N4S2/c1-5-25-53(26-6-1)73-49-65-75(81(67-41-21-29-51-23-13-15-35-59(51)67)57-43-45-71-63(47-57)61-37-17-19-39-69(61)79(71)55-31-9-3-10-32-55)78-66(50-74(84-78)54-27-7-2-8-28-54)76(77(65)83-73)82(68-42-22-30-52-24-14-16-36-60(52)68)58-44-46-72-64(48-58)62-38-18-20-40-70(62)80(72)56-33-11-4-12-34-56/h1-50H. The zero-order chi connectivity index (χ0) is 55.2. The third kappa shape index (κ3) is 7.65. The minimum Gasteiger partial charge on any atom is -0.309 e. The molecule has 17 rings (SSSR count). The third-order valence-corrected chi connectivity index (χ3v) is 19.2. The van der Waals surface area contributed by atoms with Crippen LogP contribution in [0.5, 0.6) is 0 Å². The summed E-state index contributed by atoms with van der Waals surface area (Å²) in [6, 6.07) is 112. The zero-order valence-electron chi connectivity index (χ0n) is 45.5. The van der Waals surface area contributed by atoms with Gasteiger partial charge in [0.25, 0.3) is 0 Å². The van der Waals surface area contributed by atoms with E-state index in [0.29, 0.717) is 0 Å². The van der Waals surface area contributed by atoms with Crippen LogP contribution in [0, 0.1) is 0 Å². The lowest BCUT2D eigenvalue weighted by Crippen LogP contribution is -2.14. The Balaban J connectivity index is 1.03. The van der Waals surface area contributed by atoms with Gasteiger partial charge in [-0.25, -0.2) is 0 Å². The fourth-order valence-electron chi connectivity index (χ4n) is 13.2. The number of benzene rings is 13.